The molecule has 0 aromatic carbocycles. The quantitative estimate of drug-likeness (QED) is 0.666. The first kappa shape index (κ1) is 8.52. The third-order valence-electron chi connectivity index (χ3n) is 1.44. The second kappa shape index (κ2) is 3.71. The lowest BCUT2D eigenvalue weighted by atomic mass is 10.4. The summed E-state index contributed by atoms with van der Waals surface area (Å²) in [5, 5.41) is 8.82. The van der Waals surface area contributed by atoms with Gasteiger partial charge in [0.15, 0.2) is 0 Å². The molecular formula is C8H10N2O2. The van der Waals surface area contributed by atoms with Gasteiger partial charge in [-0.3, -0.25) is 9.36 Å². The lowest BCUT2D eigenvalue weighted by molar-refractivity contribution is 0.445. The highest BCUT2D eigenvalue weighted by Gasteiger charge is 1.95. The molecule has 4 heteroatoms. The fourth-order valence-corrected chi connectivity index (χ4v) is 0.815. The summed E-state index contributed by atoms with van der Waals surface area (Å²) in [4.78, 5) is 14.7. The van der Waals surface area contributed by atoms with Crippen molar-refractivity contribution in [2.24, 2.45) is 0 Å². The minimum atomic E-state index is -0.246. The molecule has 0 unspecified atom stereocenters. The number of hydrogen-bond donors (Lipinski definition) is 1. The summed E-state index contributed by atoms with van der Waals surface area (Å²) in [6, 6.07) is 1.09. The first-order valence-corrected chi connectivity index (χ1v) is 3.60. The fourth-order valence-electron chi connectivity index (χ4n) is 0.815. The Morgan fingerprint density at radius 1 is 1.75 bits per heavy atom. The average molecular weight is 166 g/mol. The zero-order valence-corrected chi connectivity index (χ0v) is 6.60. The van der Waals surface area contributed by atoms with Crippen molar-refractivity contribution in [2.45, 2.75) is 13.0 Å². The van der Waals surface area contributed by atoms with Crippen LogP contribution >= 0.6 is 0 Å². The van der Waals surface area contributed by atoms with E-state index in [0.717, 1.165) is 6.07 Å². The summed E-state index contributed by atoms with van der Waals surface area (Å²) >= 11 is 0. The Kier molecular flexibility index (Phi) is 2.63. The molecule has 0 spiro atoms. The van der Waals surface area contributed by atoms with Gasteiger partial charge in [-0.2, -0.15) is 0 Å². The molecular weight excluding hydrogens is 156 g/mol. The van der Waals surface area contributed by atoms with Crippen LogP contribution in [-0.4, -0.2) is 14.7 Å². The van der Waals surface area contributed by atoms with Crippen LogP contribution in [0.4, 0.5) is 0 Å². The minimum Gasteiger partial charge on any atom is -0.493 e. The Morgan fingerprint density at radius 3 is 3.08 bits per heavy atom. The number of aromatic nitrogens is 2. The van der Waals surface area contributed by atoms with Gasteiger partial charge in [-0.15, -0.1) is 6.58 Å². The topological polar surface area (TPSA) is 55.1 Å². The normalized spacial score (nSPS) is 9.67. The van der Waals surface area contributed by atoms with Crippen LogP contribution in [0.15, 0.2) is 29.8 Å². The minimum absolute atomic E-state index is 0.241. The number of hydrogen-bond acceptors (Lipinski definition) is 3. The second-order valence-corrected chi connectivity index (χ2v) is 2.36. The van der Waals surface area contributed by atoms with Crippen molar-refractivity contribution in [2.75, 3.05) is 0 Å². The van der Waals surface area contributed by atoms with Crippen molar-refractivity contribution in [1.29, 1.82) is 0 Å². The van der Waals surface area contributed by atoms with Crippen LogP contribution in [0.5, 0.6) is 5.88 Å². The molecule has 0 saturated heterocycles. The van der Waals surface area contributed by atoms with E-state index in [1.54, 1.807) is 6.08 Å². The highest BCUT2D eigenvalue weighted by Crippen LogP contribution is 1.95. The molecule has 1 heterocycles. The summed E-state index contributed by atoms with van der Waals surface area (Å²) < 4.78 is 1.42. The largest absolute Gasteiger partial charge is 0.493 e. The van der Waals surface area contributed by atoms with Crippen LogP contribution in [0.3, 0.4) is 0 Å². The zero-order valence-electron chi connectivity index (χ0n) is 6.60. The van der Waals surface area contributed by atoms with Crippen molar-refractivity contribution in [3.05, 3.63) is 35.4 Å². The number of rotatable bonds is 3. The van der Waals surface area contributed by atoms with Gasteiger partial charge in [0.2, 0.25) is 5.88 Å². The molecule has 4 nitrogen and oxygen atoms in total. The first-order chi connectivity index (χ1) is 5.74. The molecule has 0 atom stereocenters. The standard InChI is InChI=1S/C8H10N2O2/c1-2-3-4-10-6-9-7(11)5-8(10)12/h2,5-6,11H,1,3-4H2. The average Bonchev–Trinajstić information content (AvgIpc) is 2.03. The highest BCUT2D eigenvalue weighted by molar-refractivity contribution is 5.03. The lowest BCUT2D eigenvalue weighted by Crippen LogP contribution is -2.18. The molecule has 0 fully saturated rings. The van der Waals surface area contributed by atoms with Crippen LogP contribution in [0.25, 0.3) is 0 Å². The van der Waals surface area contributed by atoms with E-state index < -0.39 is 0 Å². The molecule has 0 amide bonds. The van der Waals surface area contributed by atoms with E-state index >= 15 is 0 Å². The van der Waals surface area contributed by atoms with Crippen molar-refractivity contribution < 1.29 is 5.11 Å². The maximum absolute atomic E-state index is 11.1. The van der Waals surface area contributed by atoms with Crippen LogP contribution in [-0.2, 0) is 6.54 Å². The van der Waals surface area contributed by atoms with Gasteiger partial charge in [-0.1, -0.05) is 6.08 Å². The van der Waals surface area contributed by atoms with Gasteiger partial charge in [0, 0.05) is 6.54 Å². The van der Waals surface area contributed by atoms with Crippen molar-refractivity contribution in [3.63, 3.8) is 0 Å². The Balaban J connectivity index is 2.86. The number of nitrogens with zero attached hydrogens (tertiary/aromatic N) is 2. The van der Waals surface area contributed by atoms with E-state index in [0.29, 0.717) is 13.0 Å². The van der Waals surface area contributed by atoms with Gasteiger partial charge in [0.25, 0.3) is 5.56 Å². The molecule has 12 heavy (non-hydrogen) atoms. The van der Waals surface area contributed by atoms with Gasteiger partial charge in [0.05, 0.1) is 6.07 Å². The summed E-state index contributed by atoms with van der Waals surface area (Å²) in [6.45, 7) is 4.09. The van der Waals surface area contributed by atoms with Crippen molar-refractivity contribution in [3.8, 4) is 5.88 Å². The second-order valence-electron chi connectivity index (χ2n) is 2.36. The molecule has 0 aliphatic rings. The lowest BCUT2D eigenvalue weighted by Gasteiger charge is -2.00. The van der Waals surface area contributed by atoms with E-state index in [4.69, 9.17) is 5.11 Å². The molecule has 1 N–H and O–H groups in total. The zero-order chi connectivity index (χ0) is 8.97. The molecule has 1 aromatic heterocycles. The van der Waals surface area contributed by atoms with E-state index in [2.05, 4.69) is 11.6 Å². The summed E-state index contributed by atoms with van der Waals surface area (Å²) in [5.74, 6) is -0.241. The monoisotopic (exact) mass is 166 g/mol. The van der Waals surface area contributed by atoms with Crippen molar-refractivity contribution >= 4 is 0 Å². The van der Waals surface area contributed by atoms with E-state index in [1.807, 2.05) is 0 Å². The SMILES string of the molecule is C=CCCn1cnc(O)cc1=O. The van der Waals surface area contributed by atoms with Gasteiger partial charge >= 0.3 is 0 Å². The number of aryl methyl sites for hydroxylation is 1. The molecule has 0 aliphatic heterocycles. The molecule has 0 aliphatic carbocycles. The van der Waals surface area contributed by atoms with Gasteiger partial charge in [0.1, 0.15) is 6.33 Å². The predicted octanol–water partition coefficient (Wildman–Crippen LogP) is 0.525. The van der Waals surface area contributed by atoms with Crippen LogP contribution in [0.1, 0.15) is 6.42 Å². The van der Waals surface area contributed by atoms with E-state index in [1.165, 1.54) is 10.9 Å². The van der Waals surface area contributed by atoms with E-state index in [-0.39, 0.29) is 11.4 Å². The van der Waals surface area contributed by atoms with Crippen LogP contribution in [0.2, 0.25) is 0 Å². The van der Waals surface area contributed by atoms with Crippen LogP contribution in [0, 0.1) is 0 Å². The molecule has 64 valence electrons. The summed E-state index contributed by atoms with van der Waals surface area (Å²) in [6.07, 6.45) is 3.76. The Bertz CT molecular complexity index is 330. The number of aromatic hydroxyl groups is 1. The summed E-state index contributed by atoms with van der Waals surface area (Å²) in [5.41, 5.74) is -0.246. The van der Waals surface area contributed by atoms with Crippen LogP contribution < -0.4 is 5.56 Å². The van der Waals surface area contributed by atoms with Gasteiger partial charge < -0.3 is 5.11 Å². The molecule has 0 saturated carbocycles. The van der Waals surface area contributed by atoms with Crippen molar-refractivity contribution in [1.82, 2.24) is 9.55 Å². The smallest absolute Gasteiger partial charge is 0.257 e. The number of allylic oxidation sites excluding steroid dienone is 1. The maximum Gasteiger partial charge on any atom is 0.257 e. The predicted molar refractivity (Wildman–Crippen MR) is 45.0 cm³/mol. The Labute approximate surface area is 69.8 Å². The molecule has 0 radical (unpaired) electrons. The molecule has 1 rings (SSSR count). The van der Waals surface area contributed by atoms with Gasteiger partial charge in [-0.05, 0) is 6.42 Å². The highest BCUT2D eigenvalue weighted by atomic mass is 16.3. The molecule has 0 bridgehead atoms. The first-order valence-electron chi connectivity index (χ1n) is 3.60. The fraction of sp³-hybridized carbons (Fsp3) is 0.250. The third kappa shape index (κ3) is 1.95. The maximum atomic E-state index is 11.1. The summed E-state index contributed by atoms with van der Waals surface area (Å²) in [7, 11) is 0. The third-order valence-corrected chi connectivity index (χ3v) is 1.44. The Hall–Kier alpha value is -1.58. The van der Waals surface area contributed by atoms with E-state index in [9.17, 15) is 4.79 Å². The van der Waals surface area contributed by atoms with Gasteiger partial charge in [-0.25, -0.2) is 4.98 Å². The Morgan fingerprint density at radius 2 is 2.50 bits per heavy atom. The molecule has 1 aromatic rings.